The van der Waals surface area contributed by atoms with Crippen LogP contribution in [-0.2, 0) is 22.7 Å². The van der Waals surface area contributed by atoms with E-state index >= 15 is 0 Å². The van der Waals surface area contributed by atoms with Crippen molar-refractivity contribution in [1.82, 2.24) is 0 Å². The quantitative estimate of drug-likeness (QED) is 0.281. The maximum absolute atomic E-state index is 8.38. The summed E-state index contributed by atoms with van der Waals surface area (Å²) >= 11 is 0. The Labute approximate surface area is 162 Å². The topological polar surface area (TPSA) is 77.1 Å². The summed E-state index contributed by atoms with van der Waals surface area (Å²) < 4.78 is 10.9. The molecule has 0 aliphatic carbocycles. The second-order valence-corrected chi connectivity index (χ2v) is 6.43. The summed E-state index contributed by atoms with van der Waals surface area (Å²) in [5.41, 5.74) is 8.66. The van der Waals surface area contributed by atoms with Crippen molar-refractivity contribution in [2.24, 2.45) is 10.9 Å². The van der Waals surface area contributed by atoms with Gasteiger partial charge < -0.3 is 20.4 Å². The number of oxime groups is 1. The molecule has 2 aromatic carbocycles. The van der Waals surface area contributed by atoms with Gasteiger partial charge in [-0.15, -0.1) is 0 Å². The van der Waals surface area contributed by atoms with Crippen molar-refractivity contribution in [3.05, 3.63) is 71.8 Å². The molecule has 0 amide bonds. The average molecular weight is 373 g/mol. The second kappa shape index (κ2) is 14.9. The van der Waals surface area contributed by atoms with Crippen LogP contribution in [0.3, 0.4) is 0 Å². The SMILES string of the molecule is C/C(CCOCc1ccccc1)=N\O.C[C@@H](N)CCOCc1ccccc1. The molecule has 0 aliphatic rings. The molecule has 2 rings (SSSR count). The fourth-order valence-corrected chi connectivity index (χ4v) is 2.07. The number of nitrogens with zero attached hydrogens (tertiary/aromatic N) is 1. The normalized spacial score (nSPS) is 12.2. The minimum atomic E-state index is 0.232. The third-order valence-electron chi connectivity index (χ3n) is 3.72. The summed E-state index contributed by atoms with van der Waals surface area (Å²) in [6, 6.07) is 20.4. The molecule has 0 fully saturated rings. The van der Waals surface area contributed by atoms with Gasteiger partial charge in [0.05, 0.1) is 25.5 Å². The highest BCUT2D eigenvalue weighted by Gasteiger charge is 1.95. The van der Waals surface area contributed by atoms with Crippen molar-refractivity contribution in [3.8, 4) is 0 Å². The maximum atomic E-state index is 8.38. The van der Waals surface area contributed by atoms with Gasteiger partial charge in [-0.05, 0) is 31.4 Å². The Morgan fingerprint density at radius 1 is 0.926 bits per heavy atom. The first kappa shape index (κ1) is 22.8. The van der Waals surface area contributed by atoms with E-state index in [4.69, 9.17) is 20.4 Å². The molecule has 0 heterocycles. The molecule has 0 unspecified atom stereocenters. The fraction of sp³-hybridized carbons (Fsp3) is 0.409. The van der Waals surface area contributed by atoms with Crippen LogP contribution in [0.4, 0.5) is 0 Å². The third-order valence-corrected chi connectivity index (χ3v) is 3.72. The standard InChI is InChI=1S/C11H15NO2.C11H17NO/c1-10(12-13)7-8-14-9-11-5-3-2-4-6-11;1-10(12)7-8-13-9-11-5-3-2-4-6-11/h2-6,13H,7-9H2,1H3;2-6,10H,7-9,12H2,1H3/b12-10+;/t;10-/m.1/s1. The predicted octanol–water partition coefficient (Wildman–Crippen LogP) is 4.38. The molecular weight excluding hydrogens is 340 g/mol. The summed E-state index contributed by atoms with van der Waals surface area (Å²) in [6.07, 6.45) is 1.59. The first-order valence-electron chi connectivity index (χ1n) is 9.28. The van der Waals surface area contributed by atoms with Crippen LogP contribution in [0, 0.1) is 0 Å². The number of hydrogen-bond acceptors (Lipinski definition) is 5. The highest BCUT2D eigenvalue weighted by atomic mass is 16.5. The molecule has 0 saturated carbocycles. The lowest BCUT2D eigenvalue weighted by Crippen LogP contribution is -2.17. The molecule has 0 saturated heterocycles. The minimum Gasteiger partial charge on any atom is -0.411 e. The minimum absolute atomic E-state index is 0.232. The lowest BCUT2D eigenvalue weighted by Gasteiger charge is -2.06. The Balaban J connectivity index is 0.000000271. The average Bonchev–Trinajstić information content (AvgIpc) is 2.70. The van der Waals surface area contributed by atoms with Crippen LogP contribution in [0.15, 0.2) is 65.8 Å². The van der Waals surface area contributed by atoms with E-state index < -0.39 is 0 Å². The van der Waals surface area contributed by atoms with E-state index in [0.717, 1.165) is 18.6 Å². The third kappa shape index (κ3) is 12.7. The van der Waals surface area contributed by atoms with Gasteiger partial charge in [0.15, 0.2) is 0 Å². The largest absolute Gasteiger partial charge is 0.411 e. The number of ether oxygens (including phenoxy) is 2. The Kier molecular flexibility index (Phi) is 12.6. The summed E-state index contributed by atoms with van der Waals surface area (Å²) in [7, 11) is 0. The van der Waals surface area contributed by atoms with Crippen molar-refractivity contribution >= 4 is 5.71 Å². The van der Waals surface area contributed by atoms with E-state index in [1.807, 2.05) is 55.5 Å². The van der Waals surface area contributed by atoms with E-state index in [9.17, 15) is 0 Å². The summed E-state index contributed by atoms with van der Waals surface area (Å²) in [4.78, 5) is 0. The lowest BCUT2D eigenvalue weighted by atomic mass is 10.2. The predicted molar refractivity (Wildman–Crippen MR) is 110 cm³/mol. The first-order chi connectivity index (χ1) is 13.1. The van der Waals surface area contributed by atoms with Crippen LogP contribution in [0.2, 0.25) is 0 Å². The Morgan fingerprint density at radius 3 is 1.85 bits per heavy atom. The van der Waals surface area contributed by atoms with Crippen molar-refractivity contribution in [3.63, 3.8) is 0 Å². The Bertz CT molecular complexity index is 616. The van der Waals surface area contributed by atoms with Gasteiger partial charge >= 0.3 is 0 Å². The monoisotopic (exact) mass is 372 g/mol. The van der Waals surface area contributed by atoms with Crippen LogP contribution in [0.1, 0.15) is 37.8 Å². The van der Waals surface area contributed by atoms with Gasteiger partial charge in [-0.3, -0.25) is 0 Å². The summed E-state index contributed by atoms with van der Waals surface area (Å²) in [5, 5.41) is 11.5. The highest BCUT2D eigenvalue weighted by molar-refractivity contribution is 5.81. The molecule has 3 N–H and O–H groups in total. The smallest absolute Gasteiger partial charge is 0.0717 e. The van der Waals surface area contributed by atoms with Gasteiger partial charge in [-0.25, -0.2) is 0 Å². The second-order valence-electron chi connectivity index (χ2n) is 6.43. The van der Waals surface area contributed by atoms with Crippen LogP contribution < -0.4 is 5.73 Å². The van der Waals surface area contributed by atoms with Gasteiger partial charge in [0.1, 0.15) is 0 Å². The van der Waals surface area contributed by atoms with E-state index in [0.29, 0.717) is 32.0 Å². The zero-order valence-corrected chi connectivity index (χ0v) is 16.4. The molecule has 0 aromatic heterocycles. The van der Waals surface area contributed by atoms with Crippen molar-refractivity contribution < 1.29 is 14.7 Å². The van der Waals surface area contributed by atoms with E-state index in [1.54, 1.807) is 6.92 Å². The fourth-order valence-electron chi connectivity index (χ4n) is 2.07. The maximum Gasteiger partial charge on any atom is 0.0717 e. The zero-order valence-electron chi connectivity index (χ0n) is 16.4. The molecule has 0 spiro atoms. The van der Waals surface area contributed by atoms with E-state index in [-0.39, 0.29) is 6.04 Å². The number of hydrogen-bond donors (Lipinski definition) is 2. The molecular formula is C22H32N2O3. The molecule has 0 aliphatic heterocycles. The van der Waals surface area contributed by atoms with Gasteiger partial charge in [0, 0.05) is 19.1 Å². The van der Waals surface area contributed by atoms with Crippen LogP contribution in [-0.4, -0.2) is 30.2 Å². The summed E-state index contributed by atoms with van der Waals surface area (Å²) in [5.74, 6) is 0. The number of benzene rings is 2. The van der Waals surface area contributed by atoms with Crippen LogP contribution in [0.5, 0.6) is 0 Å². The number of nitrogens with two attached hydrogens (primary N) is 1. The van der Waals surface area contributed by atoms with Crippen molar-refractivity contribution in [1.29, 1.82) is 0 Å². The molecule has 5 nitrogen and oxygen atoms in total. The molecule has 5 heteroatoms. The molecule has 2 aromatic rings. The number of rotatable bonds is 10. The van der Waals surface area contributed by atoms with Crippen molar-refractivity contribution in [2.45, 2.75) is 45.9 Å². The molecule has 1 atom stereocenters. The van der Waals surface area contributed by atoms with Crippen LogP contribution in [0.25, 0.3) is 0 Å². The van der Waals surface area contributed by atoms with Gasteiger partial charge in [0.2, 0.25) is 0 Å². The van der Waals surface area contributed by atoms with Gasteiger partial charge in [0.25, 0.3) is 0 Å². The van der Waals surface area contributed by atoms with E-state index in [1.165, 1.54) is 5.56 Å². The molecule has 0 radical (unpaired) electrons. The van der Waals surface area contributed by atoms with Gasteiger partial charge in [-0.1, -0.05) is 65.8 Å². The van der Waals surface area contributed by atoms with Crippen molar-refractivity contribution in [2.75, 3.05) is 13.2 Å². The summed E-state index contributed by atoms with van der Waals surface area (Å²) in [6.45, 7) is 6.39. The highest BCUT2D eigenvalue weighted by Crippen LogP contribution is 2.02. The zero-order chi connectivity index (χ0) is 19.7. The lowest BCUT2D eigenvalue weighted by molar-refractivity contribution is 0.115. The first-order valence-corrected chi connectivity index (χ1v) is 9.28. The molecule has 0 bridgehead atoms. The van der Waals surface area contributed by atoms with E-state index in [2.05, 4.69) is 17.3 Å². The molecule has 27 heavy (non-hydrogen) atoms. The molecule has 148 valence electrons. The van der Waals surface area contributed by atoms with Gasteiger partial charge in [-0.2, -0.15) is 0 Å². The van der Waals surface area contributed by atoms with Crippen LogP contribution >= 0.6 is 0 Å². The Hall–Kier alpha value is -2.21. The Morgan fingerprint density at radius 2 is 1.41 bits per heavy atom.